The number of para-hydroxylation sites is 1. The first-order valence-electron chi connectivity index (χ1n) is 5.38. The highest BCUT2D eigenvalue weighted by Crippen LogP contribution is 2.24. The maximum absolute atomic E-state index is 11.7. The van der Waals surface area contributed by atoms with Crippen molar-refractivity contribution in [2.45, 2.75) is 13.5 Å². The third kappa shape index (κ3) is 1.71. The van der Waals surface area contributed by atoms with Crippen molar-refractivity contribution in [1.82, 2.24) is 4.57 Å². The Balaban J connectivity index is 2.82. The summed E-state index contributed by atoms with van der Waals surface area (Å²) >= 11 is 0. The largest absolute Gasteiger partial charge is 0.465 e. The lowest BCUT2D eigenvalue weighted by molar-refractivity contribution is 0.0602. The van der Waals surface area contributed by atoms with Crippen LogP contribution in [0.3, 0.4) is 0 Å². The van der Waals surface area contributed by atoms with Gasteiger partial charge in [0.1, 0.15) is 0 Å². The molecule has 0 amide bonds. The summed E-state index contributed by atoms with van der Waals surface area (Å²) in [5, 5.41) is 0.782. The van der Waals surface area contributed by atoms with Crippen molar-refractivity contribution in [2.24, 2.45) is 0 Å². The fraction of sp³-hybridized carbons (Fsp3) is 0.231. The van der Waals surface area contributed by atoms with Crippen LogP contribution in [0.15, 0.2) is 24.4 Å². The van der Waals surface area contributed by atoms with Gasteiger partial charge in [0.2, 0.25) is 0 Å². The van der Waals surface area contributed by atoms with E-state index in [0.29, 0.717) is 17.7 Å². The van der Waals surface area contributed by atoms with Gasteiger partial charge in [0, 0.05) is 23.7 Å². The number of aldehydes is 1. The number of aromatic nitrogens is 1. The number of methoxy groups -OCH3 is 1. The SMILES string of the molecule is CCn1cc(C=O)c2cccc(C(=O)OC)c21. The number of ether oxygens (including phenoxy) is 1. The van der Waals surface area contributed by atoms with Gasteiger partial charge in [0.25, 0.3) is 0 Å². The molecule has 1 aromatic heterocycles. The highest BCUT2D eigenvalue weighted by atomic mass is 16.5. The number of carbonyl (C=O) groups is 2. The van der Waals surface area contributed by atoms with E-state index >= 15 is 0 Å². The first-order chi connectivity index (χ1) is 8.22. The van der Waals surface area contributed by atoms with Gasteiger partial charge in [-0.05, 0) is 13.0 Å². The lowest BCUT2D eigenvalue weighted by Gasteiger charge is -2.05. The predicted molar refractivity (Wildman–Crippen MR) is 64.3 cm³/mol. The summed E-state index contributed by atoms with van der Waals surface area (Å²) in [4.78, 5) is 22.6. The van der Waals surface area contributed by atoms with Crippen molar-refractivity contribution in [2.75, 3.05) is 7.11 Å². The fourth-order valence-electron chi connectivity index (χ4n) is 2.01. The molecule has 0 unspecified atom stereocenters. The van der Waals surface area contributed by atoms with Gasteiger partial charge in [-0.2, -0.15) is 0 Å². The monoisotopic (exact) mass is 231 g/mol. The summed E-state index contributed by atoms with van der Waals surface area (Å²) in [6.45, 7) is 2.65. The van der Waals surface area contributed by atoms with E-state index in [4.69, 9.17) is 4.74 Å². The highest BCUT2D eigenvalue weighted by Gasteiger charge is 2.15. The molecule has 0 radical (unpaired) electrons. The van der Waals surface area contributed by atoms with Crippen molar-refractivity contribution in [3.8, 4) is 0 Å². The summed E-state index contributed by atoms with van der Waals surface area (Å²) in [5.41, 5.74) is 1.83. The van der Waals surface area contributed by atoms with Gasteiger partial charge >= 0.3 is 5.97 Å². The molecule has 0 saturated heterocycles. The molecule has 2 rings (SSSR count). The van der Waals surface area contributed by atoms with Crippen LogP contribution in [0.1, 0.15) is 27.6 Å². The predicted octanol–water partition coefficient (Wildman–Crippen LogP) is 2.26. The van der Waals surface area contributed by atoms with E-state index in [2.05, 4.69) is 0 Å². The molecule has 1 heterocycles. The molecule has 0 spiro atoms. The Kier molecular flexibility index (Phi) is 2.95. The van der Waals surface area contributed by atoms with E-state index in [1.165, 1.54) is 7.11 Å². The van der Waals surface area contributed by atoms with Crippen molar-refractivity contribution >= 4 is 23.2 Å². The number of benzene rings is 1. The van der Waals surface area contributed by atoms with Crippen molar-refractivity contribution < 1.29 is 14.3 Å². The summed E-state index contributed by atoms with van der Waals surface area (Å²) in [5.74, 6) is -0.388. The number of fused-ring (bicyclic) bond motifs is 1. The zero-order valence-corrected chi connectivity index (χ0v) is 9.77. The van der Waals surface area contributed by atoms with Gasteiger partial charge in [-0.15, -0.1) is 0 Å². The summed E-state index contributed by atoms with van der Waals surface area (Å²) in [6, 6.07) is 5.29. The van der Waals surface area contributed by atoms with E-state index in [-0.39, 0.29) is 5.97 Å². The van der Waals surface area contributed by atoms with Crippen molar-refractivity contribution in [3.63, 3.8) is 0 Å². The normalized spacial score (nSPS) is 10.5. The molecule has 17 heavy (non-hydrogen) atoms. The van der Waals surface area contributed by atoms with Crippen LogP contribution in [0.4, 0.5) is 0 Å². The first-order valence-corrected chi connectivity index (χ1v) is 5.38. The van der Waals surface area contributed by atoms with E-state index in [9.17, 15) is 9.59 Å². The maximum Gasteiger partial charge on any atom is 0.340 e. The Hall–Kier alpha value is -2.10. The lowest BCUT2D eigenvalue weighted by Crippen LogP contribution is -2.04. The molecular weight excluding hydrogens is 218 g/mol. The molecule has 0 aliphatic heterocycles. The van der Waals surface area contributed by atoms with E-state index in [1.54, 1.807) is 18.3 Å². The topological polar surface area (TPSA) is 48.3 Å². The van der Waals surface area contributed by atoms with Crippen LogP contribution in [-0.2, 0) is 11.3 Å². The quantitative estimate of drug-likeness (QED) is 0.601. The average Bonchev–Trinajstić information content (AvgIpc) is 2.75. The van der Waals surface area contributed by atoms with Crippen LogP contribution in [0.25, 0.3) is 10.9 Å². The molecule has 2 aromatic rings. The Morgan fingerprint density at radius 3 is 2.82 bits per heavy atom. The summed E-state index contributed by atoms with van der Waals surface area (Å²) in [6.07, 6.45) is 2.56. The maximum atomic E-state index is 11.7. The molecule has 0 bridgehead atoms. The van der Waals surface area contributed by atoms with E-state index in [0.717, 1.165) is 17.2 Å². The van der Waals surface area contributed by atoms with Crippen molar-refractivity contribution in [1.29, 1.82) is 0 Å². The molecular formula is C13H13NO3. The molecule has 4 nitrogen and oxygen atoms in total. The molecule has 0 atom stereocenters. The second-order valence-corrected chi connectivity index (χ2v) is 3.68. The minimum atomic E-state index is -0.388. The number of hydrogen-bond acceptors (Lipinski definition) is 3. The molecule has 4 heteroatoms. The number of rotatable bonds is 3. The zero-order valence-electron chi connectivity index (χ0n) is 9.77. The van der Waals surface area contributed by atoms with Crippen LogP contribution < -0.4 is 0 Å². The molecule has 0 fully saturated rings. The number of hydrogen-bond donors (Lipinski definition) is 0. The summed E-state index contributed by atoms with van der Waals surface area (Å²) < 4.78 is 6.63. The molecule has 0 saturated carbocycles. The highest BCUT2D eigenvalue weighted by molar-refractivity contribution is 6.08. The van der Waals surface area contributed by atoms with Gasteiger partial charge < -0.3 is 9.30 Å². The van der Waals surface area contributed by atoms with E-state index in [1.807, 2.05) is 17.6 Å². The minimum Gasteiger partial charge on any atom is -0.465 e. The van der Waals surface area contributed by atoms with E-state index < -0.39 is 0 Å². The average molecular weight is 231 g/mol. The minimum absolute atomic E-state index is 0.388. The zero-order chi connectivity index (χ0) is 12.4. The number of aryl methyl sites for hydroxylation is 1. The lowest BCUT2D eigenvalue weighted by atomic mass is 10.1. The molecule has 0 aliphatic carbocycles. The Bertz CT molecular complexity index is 584. The molecule has 0 aliphatic rings. The van der Waals surface area contributed by atoms with Crippen molar-refractivity contribution in [3.05, 3.63) is 35.5 Å². The van der Waals surface area contributed by atoms with Gasteiger partial charge in [0.05, 0.1) is 18.2 Å². The van der Waals surface area contributed by atoms with Crippen LogP contribution in [0.2, 0.25) is 0 Å². The summed E-state index contributed by atoms with van der Waals surface area (Å²) in [7, 11) is 1.35. The van der Waals surface area contributed by atoms with Gasteiger partial charge in [0.15, 0.2) is 6.29 Å². The molecule has 1 aromatic carbocycles. The Labute approximate surface area is 98.8 Å². The van der Waals surface area contributed by atoms with Crippen LogP contribution in [-0.4, -0.2) is 23.9 Å². The van der Waals surface area contributed by atoms with Gasteiger partial charge in [-0.1, -0.05) is 12.1 Å². The molecule has 88 valence electrons. The van der Waals surface area contributed by atoms with Gasteiger partial charge in [-0.3, -0.25) is 4.79 Å². The standard InChI is InChI=1S/C13H13NO3/c1-3-14-7-9(8-15)10-5-4-6-11(12(10)14)13(16)17-2/h4-8H,3H2,1-2H3. The second-order valence-electron chi connectivity index (χ2n) is 3.68. The Morgan fingerprint density at radius 2 is 2.24 bits per heavy atom. The third-order valence-corrected chi connectivity index (χ3v) is 2.80. The number of esters is 1. The molecule has 0 N–H and O–H groups in total. The van der Waals surface area contributed by atoms with Crippen LogP contribution in [0.5, 0.6) is 0 Å². The van der Waals surface area contributed by atoms with Gasteiger partial charge in [-0.25, -0.2) is 4.79 Å². The number of carbonyl (C=O) groups excluding carboxylic acids is 2. The van der Waals surface area contributed by atoms with Crippen LogP contribution in [0, 0.1) is 0 Å². The van der Waals surface area contributed by atoms with Crippen LogP contribution >= 0.6 is 0 Å². The number of nitrogens with zero attached hydrogens (tertiary/aromatic N) is 1. The third-order valence-electron chi connectivity index (χ3n) is 2.80. The second kappa shape index (κ2) is 4.41. The first kappa shape index (κ1) is 11.4. The smallest absolute Gasteiger partial charge is 0.340 e. The Morgan fingerprint density at radius 1 is 1.47 bits per heavy atom. The fourth-order valence-corrected chi connectivity index (χ4v) is 2.01.